The Morgan fingerprint density at radius 1 is 1.18 bits per heavy atom. The van der Waals surface area contributed by atoms with Crippen molar-refractivity contribution in [3.63, 3.8) is 0 Å². The van der Waals surface area contributed by atoms with E-state index in [1.807, 2.05) is 24.3 Å². The first-order valence-electron chi connectivity index (χ1n) is 6.21. The van der Waals surface area contributed by atoms with E-state index >= 15 is 0 Å². The summed E-state index contributed by atoms with van der Waals surface area (Å²) >= 11 is 2.95. The Kier molecular flexibility index (Phi) is 4.09. The van der Waals surface area contributed by atoms with E-state index < -0.39 is 10.0 Å². The van der Waals surface area contributed by atoms with Crippen LogP contribution >= 0.6 is 23.1 Å². The molecule has 3 aromatic rings. The summed E-state index contributed by atoms with van der Waals surface area (Å²) in [7, 11) is -2.07. The third-order valence-corrected chi connectivity index (χ3v) is 5.93. The van der Waals surface area contributed by atoms with E-state index in [0.29, 0.717) is 0 Å². The summed E-state index contributed by atoms with van der Waals surface area (Å²) in [5, 5.41) is 5.14. The topological polar surface area (TPSA) is 82.3 Å². The van der Waals surface area contributed by atoms with Crippen molar-refractivity contribution in [3.05, 3.63) is 42.5 Å². The van der Waals surface area contributed by atoms with E-state index in [4.69, 9.17) is 9.88 Å². The standard InChI is InChI=1S/C14H12N2O3S3/c1-19-9-2-4-10(5-3-9)20-14-16-12-7-6-11(22(15,17)18)8-13(12)21-14/h2-8H,1H3,(H2,15,17,18). The van der Waals surface area contributed by atoms with E-state index in [0.717, 1.165) is 25.2 Å². The summed E-state index contributed by atoms with van der Waals surface area (Å²) in [6.07, 6.45) is 0. The second kappa shape index (κ2) is 5.88. The van der Waals surface area contributed by atoms with Gasteiger partial charge in [0.2, 0.25) is 10.0 Å². The highest BCUT2D eigenvalue weighted by Gasteiger charge is 2.11. The second-order valence-electron chi connectivity index (χ2n) is 4.43. The van der Waals surface area contributed by atoms with Crippen LogP contribution in [0, 0.1) is 0 Å². The zero-order valence-electron chi connectivity index (χ0n) is 11.5. The highest BCUT2D eigenvalue weighted by Crippen LogP contribution is 2.35. The van der Waals surface area contributed by atoms with Gasteiger partial charge in [-0.2, -0.15) is 0 Å². The van der Waals surface area contributed by atoms with Gasteiger partial charge in [-0.3, -0.25) is 0 Å². The van der Waals surface area contributed by atoms with Gasteiger partial charge in [0, 0.05) is 4.90 Å². The van der Waals surface area contributed by atoms with Crippen molar-refractivity contribution in [1.29, 1.82) is 0 Å². The number of fused-ring (bicyclic) bond motifs is 1. The minimum atomic E-state index is -3.69. The van der Waals surface area contributed by atoms with E-state index in [2.05, 4.69) is 4.98 Å². The average Bonchev–Trinajstić information content (AvgIpc) is 2.88. The van der Waals surface area contributed by atoms with E-state index in [1.54, 1.807) is 19.2 Å². The first-order valence-corrected chi connectivity index (χ1v) is 9.39. The van der Waals surface area contributed by atoms with Gasteiger partial charge in [0.1, 0.15) is 5.75 Å². The lowest BCUT2D eigenvalue weighted by atomic mass is 10.3. The predicted molar refractivity (Wildman–Crippen MR) is 88.1 cm³/mol. The highest BCUT2D eigenvalue weighted by molar-refractivity contribution is 8.01. The summed E-state index contributed by atoms with van der Waals surface area (Å²) in [4.78, 5) is 5.62. The molecule has 0 atom stereocenters. The summed E-state index contributed by atoms with van der Waals surface area (Å²) in [6, 6.07) is 12.4. The zero-order chi connectivity index (χ0) is 15.7. The lowest BCUT2D eigenvalue weighted by molar-refractivity contribution is 0.414. The molecule has 0 amide bonds. The van der Waals surface area contributed by atoms with Crippen molar-refractivity contribution >= 4 is 43.3 Å². The molecule has 0 saturated heterocycles. The number of hydrogen-bond acceptors (Lipinski definition) is 6. The Hall–Kier alpha value is -1.61. The number of rotatable bonds is 4. The van der Waals surface area contributed by atoms with Crippen LogP contribution in [0.5, 0.6) is 5.75 Å². The molecule has 3 rings (SSSR count). The lowest BCUT2D eigenvalue weighted by Crippen LogP contribution is -2.11. The molecule has 8 heteroatoms. The van der Waals surface area contributed by atoms with Crippen LogP contribution in [0.4, 0.5) is 0 Å². The monoisotopic (exact) mass is 352 g/mol. The molecule has 5 nitrogen and oxygen atoms in total. The van der Waals surface area contributed by atoms with Crippen molar-refractivity contribution in [1.82, 2.24) is 4.98 Å². The first kappa shape index (κ1) is 15.3. The normalized spacial score (nSPS) is 11.7. The fraction of sp³-hybridized carbons (Fsp3) is 0.0714. The maximum Gasteiger partial charge on any atom is 0.238 e. The van der Waals surface area contributed by atoms with Crippen LogP contribution in [0.15, 0.2) is 56.6 Å². The number of nitrogens with zero attached hydrogens (tertiary/aromatic N) is 1. The predicted octanol–water partition coefficient (Wildman–Crippen LogP) is 3.10. The molecule has 2 aromatic carbocycles. The number of aromatic nitrogens is 1. The number of ether oxygens (including phenoxy) is 1. The SMILES string of the molecule is COc1ccc(Sc2nc3ccc(S(N)(=O)=O)cc3s2)cc1. The van der Waals surface area contributed by atoms with Crippen molar-refractivity contribution in [2.24, 2.45) is 5.14 Å². The van der Waals surface area contributed by atoms with Crippen LogP contribution in [0.3, 0.4) is 0 Å². The maximum absolute atomic E-state index is 11.4. The third kappa shape index (κ3) is 3.25. The molecule has 114 valence electrons. The Bertz CT molecular complexity index is 918. The van der Waals surface area contributed by atoms with Crippen LogP contribution in [0.2, 0.25) is 0 Å². The Morgan fingerprint density at radius 2 is 1.91 bits per heavy atom. The van der Waals surface area contributed by atoms with Gasteiger partial charge in [0.05, 0.1) is 22.2 Å². The fourth-order valence-corrected chi connectivity index (χ4v) is 4.54. The summed E-state index contributed by atoms with van der Waals surface area (Å²) in [6.45, 7) is 0. The van der Waals surface area contributed by atoms with Gasteiger partial charge in [0.15, 0.2) is 4.34 Å². The van der Waals surface area contributed by atoms with Gasteiger partial charge < -0.3 is 4.74 Å². The van der Waals surface area contributed by atoms with Crippen LogP contribution in [-0.4, -0.2) is 20.5 Å². The second-order valence-corrected chi connectivity index (χ2v) is 8.34. The van der Waals surface area contributed by atoms with Crippen LogP contribution in [-0.2, 0) is 10.0 Å². The quantitative estimate of drug-likeness (QED) is 0.780. The number of benzene rings is 2. The first-order chi connectivity index (χ1) is 10.5. The number of methoxy groups -OCH3 is 1. The fourth-order valence-electron chi connectivity index (χ4n) is 1.85. The van der Waals surface area contributed by atoms with Gasteiger partial charge in [-0.15, -0.1) is 11.3 Å². The average molecular weight is 352 g/mol. The molecule has 1 heterocycles. The summed E-state index contributed by atoms with van der Waals surface area (Å²) < 4.78 is 29.5. The van der Waals surface area contributed by atoms with Gasteiger partial charge in [-0.1, -0.05) is 11.8 Å². The molecule has 0 aliphatic carbocycles. The number of primary sulfonamides is 1. The minimum absolute atomic E-state index is 0.102. The Morgan fingerprint density at radius 3 is 2.55 bits per heavy atom. The minimum Gasteiger partial charge on any atom is -0.497 e. The Balaban J connectivity index is 1.91. The zero-order valence-corrected chi connectivity index (χ0v) is 14.0. The molecule has 22 heavy (non-hydrogen) atoms. The van der Waals surface area contributed by atoms with E-state index in [-0.39, 0.29) is 4.90 Å². The molecular weight excluding hydrogens is 340 g/mol. The van der Waals surface area contributed by atoms with Gasteiger partial charge in [0.25, 0.3) is 0 Å². The third-order valence-electron chi connectivity index (χ3n) is 2.93. The van der Waals surface area contributed by atoms with Crippen LogP contribution in [0.1, 0.15) is 0 Å². The number of nitrogens with two attached hydrogens (primary N) is 1. The molecule has 0 aliphatic rings. The van der Waals surface area contributed by atoms with E-state index in [1.165, 1.54) is 29.2 Å². The van der Waals surface area contributed by atoms with Crippen molar-refractivity contribution < 1.29 is 13.2 Å². The molecule has 0 saturated carbocycles. The molecule has 2 N–H and O–H groups in total. The maximum atomic E-state index is 11.4. The van der Waals surface area contributed by atoms with Gasteiger partial charge in [-0.05, 0) is 42.5 Å². The molecule has 0 radical (unpaired) electrons. The Labute approximate surface area is 136 Å². The molecule has 0 bridgehead atoms. The molecule has 0 spiro atoms. The summed E-state index contributed by atoms with van der Waals surface area (Å²) in [5.74, 6) is 0.798. The number of hydrogen-bond donors (Lipinski definition) is 1. The molecule has 1 aromatic heterocycles. The molecule has 0 unspecified atom stereocenters. The van der Waals surface area contributed by atoms with E-state index in [9.17, 15) is 8.42 Å². The van der Waals surface area contributed by atoms with Crippen LogP contribution in [0.25, 0.3) is 10.2 Å². The van der Waals surface area contributed by atoms with Crippen molar-refractivity contribution in [2.75, 3.05) is 7.11 Å². The van der Waals surface area contributed by atoms with Crippen molar-refractivity contribution in [2.45, 2.75) is 14.1 Å². The largest absolute Gasteiger partial charge is 0.497 e. The molecule has 0 fully saturated rings. The summed E-state index contributed by atoms with van der Waals surface area (Å²) in [5.41, 5.74) is 0.758. The lowest BCUT2D eigenvalue weighted by Gasteiger charge is -2.00. The van der Waals surface area contributed by atoms with Crippen LogP contribution < -0.4 is 9.88 Å². The molecular formula is C14H12N2O3S3. The molecule has 0 aliphatic heterocycles. The highest BCUT2D eigenvalue weighted by atomic mass is 32.2. The van der Waals surface area contributed by atoms with Crippen molar-refractivity contribution in [3.8, 4) is 5.75 Å². The number of sulfonamides is 1. The number of thiazole rings is 1. The van der Waals surface area contributed by atoms with Gasteiger partial charge >= 0.3 is 0 Å². The smallest absolute Gasteiger partial charge is 0.238 e. The van der Waals surface area contributed by atoms with Gasteiger partial charge in [-0.25, -0.2) is 18.5 Å².